The second-order valence-electron chi connectivity index (χ2n) is 5.48. The molecule has 0 fully saturated rings. The van der Waals surface area contributed by atoms with Gasteiger partial charge >= 0.3 is 0 Å². The maximum absolute atomic E-state index is 12.6. The number of amides is 1. The second kappa shape index (κ2) is 7.83. The van der Waals surface area contributed by atoms with Gasteiger partial charge in [-0.3, -0.25) is 4.79 Å². The molecular formula is C15H20Cl2N2O3S. The Morgan fingerprint density at radius 1 is 1.39 bits per heavy atom. The molecule has 1 N–H and O–H groups in total. The van der Waals surface area contributed by atoms with Gasteiger partial charge in [-0.25, -0.2) is 8.42 Å². The SMILES string of the molecule is CCC1c2cc(Cl)cc(Cl)c2CCN1S(=O)(=O)CCCNC=O. The summed E-state index contributed by atoms with van der Waals surface area (Å²) in [6.45, 7) is 2.71. The Balaban J connectivity index is 2.25. The Morgan fingerprint density at radius 2 is 2.13 bits per heavy atom. The highest BCUT2D eigenvalue weighted by Crippen LogP contribution is 2.39. The van der Waals surface area contributed by atoms with Crippen molar-refractivity contribution >= 4 is 39.6 Å². The molecule has 1 aromatic carbocycles. The summed E-state index contributed by atoms with van der Waals surface area (Å²) in [4.78, 5) is 10.2. The van der Waals surface area contributed by atoms with Crippen molar-refractivity contribution in [2.45, 2.75) is 32.2 Å². The van der Waals surface area contributed by atoms with Crippen LogP contribution >= 0.6 is 23.2 Å². The summed E-state index contributed by atoms with van der Waals surface area (Å²) in [7, 11) is -3.40. The summed E-state index contributed by atoms with van der Waals surface area (Å²) in [5.41, 5.74) is 1.88. The van der Waals surface area contributed by atoms with Crippen LogP contribution < -0.4 is 5.32 Å². The number of benzene rings is 1. The summed E-state index contributed by atoms with van der Waals surface area (Å²) >= 11 is 12.3. The number of rotatable bonds is 7. The Labute approximate surface area is 147 Å². The van der Waals surface area contributed by atoms with Gasteiger partial charge in [-0.2, -0.15) is 4.31 Å². The van der Waals surface area contributed by atoms with Gasteiger partial charge in [0.1, 0.15) is 0 Å². The van der Waals surface area contributed by atoms with E-state index in [1.165, 1.54) is 0 Å². The van der Waals surface area contributed by atoms with Crippen molar-refractivity contribution < 1.29 is 13.2 Å². The lowest BCUT2D eigenvalue weighted by molar-refractivity contribution is -0.109. The topological polar surface area (TPSA) is 66.5 Å². The normalized spacial score (nSPS) is 18.5. The standard InChI is InChI=1S/C15H20Cl2N2O3S/c1-2-15-13-8-11(16)9-14(17)12(13)4-6-19(15)23(21,22)7-3-5-18-10-20/h8-10,15H,2-7H2,1H3,(H,18,20). The molecule has 0 radical (unpaired) electrons. The highest BCUT2D eigenvalue weighted by atomic mass is 35.5. The molecule has 0 bridgehead atoms. The molecule has 1 aliphatic heterocycles. The first-order valence-electron chi connectivity index (χ1n) is 7.55. The van der Waals surface area contributed by atoms with Gasteiger partial charge in [0.2, 0.25) is 16.4 Å². The molecule has 1 amide bonds. The molecule has 1 atom stereocenters. The van der Waals surface area contributed by atoms with Crippen LogP contribution in [0.2, 0.25) is 10.0 Å². The van der Waals surface area contributed by atoms with Crippen molar-refractivity contribution in [3.63, 3.8) is 0 Å². The number of halogens is 2. The van der Waals surface area contributed by atoms with Crippen molar-refractivity contribution in [1.82, 2.24) is 9.62 Å². The van der Waals surface area contributed by atoms with Gasteiger partial charge in [0.25, 0.3) is 0 Å². The summed E-state index contributed by atoms with van der Waals surface area (Å²) in [5.74, 6) is 0.00791. The molecule has 0 aliphatic carbocycles. The molecule has 8 heteroatoms. The van der Waals surface area contributed by atoms with E-state index < -0.39 is 10.0 Å². The summed E-state index contributed by atoms with van der Waals surface area (Å²) in [5, 5.41) is 3.59. The Bertz CT molecular complexity index is 680. The van der Waals surface area contributed by atoms with Crippen LogP contribution in [0.25, 0.3) is 0 Å². The van der Waals surface area contributed by atoms with Crippen LogP contribution in [0.1, 0.15) is 36.9 Å². The van der Waals surface area contributed by atoms with Crippen LogP contribution in [0, 0.1) is 0 Å². The minimum atomic E-state index is -3.40. The van der Waals surface area contributed by atoms with Crippen LogP contribution in [0.4, 0.5) is 0 Å². The average Bonchev–Trinajstić information content (AvgIpc) is 2.50. The van der Waals surface area contributed by atoms with E-state index in [4.69, 9.17) is 23.2 Å². The molecule has 1 aromatic rings. The van der Waals surface area contributed by atoms with Gasteiger partial charge in [-0.1, -0.05) is 30.1 Å². The number of sulfonamides is 1. The highest BCUT2D eigenvalue weighted by molar-refractivity contribution is 7.89. The Kier molecular flexibility index (Phi) is 6.31. The second-order valence-corrected chi connectivity index (χ2v) is 8.37. The zero-order valence-corrected chi connectivity index (χ0v) is 15.2. The first-order valence-corrected chi connectivity index (χ1v) is 9.91. The maximum atomic E-state index is 12.6. The summed E-state index contributed by atoms with van der Waals surface area (Å²) in [6, 6.07) is 3.26. The molecule has 0 aromatic heterocycles. The quantitative estimate of drug-likeness (QED) is 0.585. The third-order valence-corrected chi connectivity index (χ3v) is 6.55. The predicted octanol–water partition coefficient (Wildman–Crippen LogP) is 2.77. The van der Waals surface area contributed by atoms with Crippen LogP contribution in [-0.2, 0) is 21.2 Å². The van der Waals surface area contributed by atoms with Crippen molar-refractivity contribution in [3.05, 3.63) is 33.3 Å². The fourth-order valence-corrected chi connectivity index (χ4v) is 5.37. The van der Waals surface area contributed by atoms with Crippen LogP contribution in [-0.4, -0.2) is 38.0 Å². The number of hydrogen-bond acceptors (Lipinski definition) is 3. The minimum absolute atomic E-state index is 0.00791. The zero-order valence-electron chi connectivity index (χ0n) is 12.9. The first-order chi connectivity index (χ1) is 10.9. The van der Waals surface area contributed by atoms with Crippen LogP contribution in [0.15, 0.2) is 12.1 Å². The maximum Gasteiger partial charge on any atom is 0.214 e. The van der Waals surface area contributed by atoms with Crippen molar-refractivity contribution in [2.75, 3.05) is 18.8 Å². The smallest absolute Gasteiger partial charge is 0.214 e. The monoisotopic (exact) mass is 378 g/mol. The number of fused-ring (bicyclic) bond motifs is 1. The molecular weight excluding hydrogens is 359 g/mol. The van der Waals surface area contributed by atoms with E-state index in [-0.39, 0.29) is 11.8 Å². The van der Waals surface area contributed by atoms with Crippen molar-refractivity contribution in [1.29, 1.82) is 0 Å². The lowest BCUT2D eigenvalue weighted by Gasteiger charge is -2.36. The van der Waals surface area contributed by atoms with Gasteiger partial charge < -0.3 is 5.32 Å². The van der Waals surface area contributed by atoms with E-state index in [0.29, 0.717) is 48.8 Å². The molecule has 1 heterocycles. The first kappa shape index (κ1) is 18.5. The number of nitrogens with one attached hydrogen (secondary N) is 1. The van der Waals surface area contributed by atoms with E-state index in [1.54, 1.807) is 10.4 Å². The average molecular weight is 379 g/mol. The molecule has 1 unspecified atom stereocenters. The van der Waals surface area contributed by atoms with Gasteiger partial charge in [-0.15, -0.1) is 0 Å². The number of carbonyl (C=O) groups excluding carboxylic acids is 1. The third-order valence-electron chi connectivity index (χ3n) is 4.03. The highest BCUT2D eigenvalue weighted by Gasteiger charge is 2.35. The number of carbonyl (C=O) groups is 1. The van der Waals surface area contributed by atoms with Gasteiger partial charge in [-0.05, 0) is 42.5 Å². The molecule has 0 saturated carbocycles. The molecule has 0 saturated heterocycles. The van der Waals surface area contributed by atoms with Crippen molar-refractivity contribution in [2.24, 2.45) is 0 Å². The number of nitrogens with zero attached hydrogens (tertiary/aromatic N) is 1. The van der Waals surface area contributed by atoms with E-state index in [0.717, 1.165) is 11.1 Å². The minimum Gasteiger partial charge on any atom is -0.359 e. The predicted molar refractivity (Wildman–Crippen MR) is 92.4 cm³/mol. The van der Waals surface area contributed by atoms with Crippen molar-refractivity contribution in [3.8, 4) is 0 Å². The fraction of sp³-hybridized carbons (Fsp3) is 0.533. The Hall–Kier alpha value is -0.820. The molecule has 2 rings (SSSR count). The summed E-state index contributed by atoms with van der Waals surface area (Å²) < 4.78 is 26.8. The fourth-order valence-electron chi connectivity index (χ4n) is 3.01. The lowest BCUT2D eigenvalue weighted by atomic mass is 9.93. The molecule has 5 nitrogen and oxygen atoms in total. The van der Waals surface area contributed by atoms with E-state index in [1.807, 2.05) is 13.0 Å². The van der Waals surface area contributed by atoms with E-state index >= 15 is 0 Å². The van der Waals surface area contributed by atoms with E-state index in [9.17, 15) is 13.2 Å². The zero-order chi connectivity index (χ0) is 17.0. The number of hydrogen-bond donors (Lipinski definition) is 1. The lowest BCUT2D eigenvalue weighted by Crippen LogP contribution is -2.41. The summed E-state index contributed by atoms with van der Waals surface area (Å²) in [6.07, 6.45) is 2.18. The van der Waals surface area contributed by atoms with Gasteiger partial charge in [0, 0.05) is 29.2 Å². The molecule has 1 aliphatic rings. The van der Waals surface area contributed by atoms with Crippen LogP contribution in [0.5, 0.6) is 0 Å². The van der Waals surface area contributed by atoms with E-state index in [2.05, 4.69) is 5.32 Å². The Morgan fingerprint density at radius 3 is 2.78 bits per heavy atom. The van der Waals surface area contributed by atoms with Crippen LogP contribution in [0.3, 0.4) is 0 Å². The van der Waals surface area contributed by atoms with Gasteiger partial charge in [0.15, 0.2) is 0 Å². The third kappa shape index (κ3) is 4.18. The van der Waals surface area contributed by atoms with Gasteiger partial charge in [0.05, 0.1) is 5.75 Å². The molecule has 23 heavy (non-hydrogen) atoms. The largest absolute Gasteiger partial charge is 0.359 e. The molecule has 0 spiro atoms. The molecule has 128 valence electrons.